The van der Waals surface area contributed by atoms with Crippen LogP contribution in [0, 0.1) is 0 Å². The largest absolute Gasteiger partial charge is 0.350 e. The first-order valence-corrected chi connectivity index (χ1v) is 11.5. The molecule has 0 aliphatic heterocycles. The molecule has 0 spiro atoms. The Hall–Kier alpha value is -4.18. The summed E-state index contributed by atoms with van der Waals surface area (Å²) in [7, 11) is 0. The van der Waals surface area contributed by atoms with Crippen LogP contribution >= 0.6 is 0 Å². The molecule has 0 radical (unpaired) electrons. The molecule has 170 valence electrons. The number of rotatable bonds is 9. The Balaban J connectivity index is 1.57. The number of hydrogen-bond acceptors (Lipinski definition) is 2. The highest BCUT2D eigenvalue weighted by atomic mass is 16.2. The fourth-order valence-corrected chi connectivity index (χ4v) is 4.01. The van der Waals surface area contributed by atoms with E-state index < -0.39 is 12.0 Å². The molecule has 4 heteroatoms. The lowest BCUT2D eigenvalue weighted by Gasteiger charge is -2.23. The van der Waals surface area contributed by atoms with Gasteiger partial charge in [-0.3, -0.25) is 9.59 Å². The SMILES string of the molecule is O=C(N[C@H](Cc1ccccc1)C(=O)NCc1ccccc1)C(c1ccccc1)c1ccccc1. The molecule has 1 atom stereocenters. The van der Waals surface area contributed by atoms with Crippen LogP contribution in [-0.2, 0) is 22.6 Å². The number of hydrogen-bond donors (Lipinski definition) is 2. The van der Waals surface area contributed by atoms with E-state index in [2.05, 4.69) is 10.6 Å². The second-order valence-electron chi connectivity index (χ2n) is 8.21. The molecule has 34 heavy (non-hydrogen) atoms. The molecule has 0 aliphatic rings. The van der Waals surface area contributed by atoms with Crippen molar-refractivity contribution in [1.29, 1.82) is 0 Å². The van der Waals surface area contributed by atoms with Gasteiger partial charge in [-0.05, 0) is 22.3 Å². The van der Waals surface area contributed by atoms with Gasteiger partial charge in [0.1, 0.15) is 6.04 Å². The molecule has 0 saturated heterocycles. The molecule has 0 aromatic heterocycles. The molecular formula is C30H28N2O2. The van der Waals surface area contributed by atoms with Gasteiger partial charge in [-0.15, -0.1) is 0 Å². The minimum absolute atomic E-state index is 0.201. The van der Waals surface area contributed by atoms with E-state index in [0.29, 0.717) is 13.0 Å². The summed E-state index contributed by atoms with van der Waals surface area (Å²) in [5, 5.41) is 6.04. The van der Waals surface area contributed by atoms with Gasteiger partial charge in [0.25, 0.3) is 0 Å². The highest BCUT2D eigenvalue weighted by molar-refractivity contribution is 5.92. The van der Waals surface area contributed by atoms with Crippen molar-refractivity contribution in [2.45, 2.75) is 24.9 Å². The van der Waals surface area contributed by atoms with Crippen molar-refractivity contribution in [3.8, 4) is 0 Å². The van der Waals surface area contributed by atoms with Gasteiger partial charge >= 0.3 is 0 Å². The van der Waals surface area contributed by atoms with Gasteiger partial charge in [0.05, 0.1) is 5.92 Å². The fraction of sp³-hybridized carbons (Fsp3) is 0.133. The van der Waals surface area contributed by atoms with E-state index in [1.165, 1.54) is 0 Å². The third-order valence-electron chi connectivity index (χ3n) is 5.75. The molecule has 0 fully saturated rings. The van der Waals surface area contributed by atoms with Crippen LogP contribution < -0.4 is 10.6 Å². The summed E-state index contributed by atoms with van der Waals surface area (Å²) in [6.45, 7) is 0.404. The summed E-state index contributed by atoms with van der Waals surface area (Å²) in [5.41, 5.74) is 3.76. The normalized spacial score (nSPS) is 11.6. The third kappa shape index (κ3) is 6.20. The van der Waals surface area contributed by atoms with Crippen LogP contribution in [0.3, 0.4) is 0 Å². The Morgan fingerprint density at radius 2 is 1.00 bits per heavy atom. The topological polar surface area (TPSA) is 58.2 Å². The molecule has 0 bridgehead atoms. The lowest BCUT2D eigenvalue weighted by Crippen LogP contribution is -2.49. The van der Waals surface area contributed by atoms with E-state index in [0.717, 1.165) is 22.3 Å². The van der Waals surface area contributed by atoms with Gasteiger partial charge in [0, 0.05) is 13.0 Å². The van der Waals surface area contributed by atoms with Crippen LogP contribution in [0.15, 0.2) is 121 Å². The maximum Gasteiger partial charge on any atom is 0.243 e. The summed E-state index contributed by atoms with van der Waals surface area (Å²) >= 11 is 0. The molecule has 4 rings (SSSR count). The molecule has 0 aliphatic carbocycles. The van der Waals surface area contributed by atoms with Crippen LogP contribution in [0.5, 0.6) is 0 Å². The summed E-state index contributed by atoms with van der Waals surface area (Å²) in [6, 6.07) is 38.1. The first kappa shape index (κ1) is 23.0. The Morgan fingerprint density at radius 3 is 1.50 bits per heavy atom. The predicted octanol–water partition coefficient (Wildman–Crippen LogP) is 4.86. The average Bonchev–Trinajstić information content (AvgIpc) is 2.89. The Morgan fingerprint density at radius 1 is 0.559 bits per heavy atom. The maximum absolute atomic E-state index is 13.6. The van der Waals surface area contributed by atoms with E-state index >= 15 is 0 Å². The van der Waals surface area contributed by atoms with Crippen molar-refractivity contribution in [2.24, 2.45) is 0 Å². The lowest BCUT2D eigenvalue weighted by atomic mass is 9.90. The first-order valence-electron chi connectivity index (χ1n) is 11.5. The molecule has 0 unspecified atom stereocenters. The van der Waals surface area contributed by atoms with Crippen molar-refractivity contribution < 1.29 is 9.59 Å². The van der Waals surface area contributed by atoms with Crippen LogP contribution in [-0.4, -0.2) is 17.9 Å². The zero-order valence-electron chi connectivity index (χ0n) is 18.9. The average molecular weight is 449 g/mol. The number of nitrogens with one attached hydrogen (secondary N) is 2. The first-order chi connectivity index (χ1) is 16.7. The van der Waals surface area contributed by atoms with E-state index in [4.69, 9.17) is 0 Å². The zero-order valence-corrected chi connectivity index (χ0v) is 18.9. The van der Waals surface area contributed by atoms with Crippen molar-refractivity contribution in [2.75, 3.05) is 0 Å². The van der Waals surface area contributed by atoms with Gasteiger partial charge in [0.15, 0.2) is 0 Å². The highest BCUT2D eigenvalue weighted by Crippen LogP contribution is 2.25. The van der Waals surface area contributed by atoms with Gasteiger partial charge in [0.2, 0.25) is 11.8 Å². The monoisotopic (exact) mass is 448 g/mol. The molecule has 0 saturated carbocycles. The van der Waals surface area contributed by atoms with Gasteiger partial charge in [-0.2, -0.15) is 0 Å². The maximum atomic E-state index is 13.6. The Labute approximate surface area is 200 Å². The molecule has 2 N–H and O–H groups in total. The molecular weight excluding hydrogens is 420 g/mol. The Kier molecular flexibility index (Phi) is 7.86. The highest BCUT2D eigenvalue weighted by Gasteiger charge is 2.28. The van der Waals surface area contributed by atoms with E-state index in [-0.39, 0.29) is 11.8 Å². The van der Waals surface area contributed by atoms with Gasteiger partial charge in [-0.1, -0.05) is 121 Å². The summed E-state index contributed by atoms with van der Waals surface area (Å²) in [6.07, 6.45) is 0.406. The third-order valence-corrected chi connectivity index (χ3v) is 5.75. The van der Waals surface area contributed by atoms with E-state index in [1.807, 2.05) is 121 Å². The standard InChI is InChI=1S/C30H28N2O2/c33-29(31-22-24-15-7-2-8-16-24)27(21-23-13-5-1-6-14-23)32-30(34)28(25-17-9-3-10-18-25)26-19-11-4-12-20-26/h1-20,27-28H,21-22H2,(H,31,33)(H,32,34)/t27-/m1/s1. The minimum Gasteiger partial charge on any atom is -0.350 e. The molecule has 0 heterocycles. The molecule has 4 aromatic rings. The number of carbonyl (C=O) groups excluding carboxylic acids is 2. The van der Waals surface area contributed by atoms with E-state index in [1.54, 1.807) is 0 Å². The van der Waals surface area contributed by atoms with Crippen molar-refractivity contribution in [3.63, 3.8) is 0 Å². The predicted molar refractivity (Wildman–Crippen MR) is 135 cm³/mol. The second kappa shape index (κ2) is 11.6. The molecule has 4 aromatic carbocycles. The van der Waals surface area contributed by atoms with Crippen LogP contribution in [0.25, 0.3) is 0 Å². The van der Waals surface area contributed by atoms with Crippen LogP contribution in [0.1, 0.15) is 28.2 Å². The number of amides is 2. The summed E-state index contributed by atoms with van der Waals surface area (Å²) in [4.78, 5) is 26.9. The molecule has 2 amide bonds. The van der Waals surface area contributed by atoms with Gasteiger partial charge < -0.3 is 10.6 Å². The summed E-state index contributed by atoms with van der Waals surface area (Å²) < 4.78 is 0. The second-order valence-corrected chi connectivity index (χ2v) is 8.21. The van der Waals surface area contributed by atoms with Gasteiger partial charge in [-0.25, -0.2) is 0 Å². The molecule has 4 nitrogen and oxygen atoms in total. The lowest BCUT2D eigenvalue weighted by molar-refractivity contribution is -0.129. The minimum atomic E-state index is -0.700. The quantitative estimate of drug-likeness (QED) is 0.384. The summed E-state index contributed by atoms with van der Waals surface area (Å²) in [5.74, 6) is -0.920. The number of benzene rings is 4. The van der Waals surface area contributed by atoms with E-state index in [9.17, 15) is 9.59 Å². The van der Waals surface area contributed by atoms with Crippen molar-refractivity contribution in [1.82, 2.24) is 10.6 Å². The Bertz CT molecular complexity index is 1140. The zero-order chi connectivity index (χ0) is 23.6. The van der Waals surface area contributed by atoms with Crippen molar-refractivity contribution in [3.05, 3.63) is 144 Å². The van der Waals surface area contributed by atoms with Crippen LogP contribution in [0.4, 0.5) is 0 Å². The smallest absolute Gasteiger partial charge is 0.243 e. The van der Waals surface area contributed by atoms with Crippen LogP contribution in [0.2, 0.25) is 0 Å². The fourth-order valence-electron chi connectivity index (χ4n) is 4.01. The van der Waals surface area contributed by atoms with Crippen molar-refractivity contribution >= 4 is 11.8 Å². The number of carbonyl (C=O) groups is 2.